The molecule has 0 saturated heterocycles. The molecule has 0 spiro atoms. The number of halogens is 1. The number of rotatable bonds is 6. The smallest absolute Gasteiger partial charge is 0.119 e. The molecule has 0 aliphatic rings. The molecular formula is C15H16ClNO2. The topological polar surface area (TPSA) is 44.5 Å². The van der Waals surface area contributed by atoms with Crippen molar-refractivity contribution in [3.05, 3.63) is 59.1 Å². The fourth-order valence-corrected chi connectivity index (χ4v) is 1.73. The van der Waals surface area contributed by atoms with Crippen molar-refractivity contribution in [2.24, 2.45) is 0 Å². The van der Waals surface area contributed by atoms with Crippen molar-refractivity contribution in [3.8, 4) is 5.75 Å². The Morgan fingerprint density at radius 2 is 1.79 bits per heavy atom. The average molecular weight is 278 g/mol. The van der Waals surface area contributed by atoms with Crippen LogP contribution in [0.1, 0.15) is 5.56 Å². The van der Waals surface area contributed by atoms with Gasteiger partial charge in [-0.3, -0.25) is 0 Å². The second kappa shape index (κ2) is 7.02. The van der Waals surface area contributed by atoms with Gasteiger partial charge in [0.2, 0.25) is 0 Å². The van der Waals surface area contributed by atoms with E-state index in [0.29, 0.717) is 30.5 Å². The first-order chi connectivity index (χ1) is 9.25. The largest absolute Gasteiger partial charge is 0.491 e. The lowest BCUT2D eigenvalue weighted by Gasteiger charge is -2.08. The highest BCUT2D eigenvalue weighted by atomic mass is 35.5. The average Bonchev–Trinajstić information content (AvgIpc) is 2.43. The van der Waals surface area contributed by atoms with Crippen LogP contribution in [0.2, 0.25) is 5.02 Å². The van der Waals surface area contributed by atoms with Crippen LogP contribution in [0.4, 0.5) is 5.69 Å². The van der Waals surface area contributed by atoms with Crippen LogP contribution in [-0.2, 0) is 11.3 Å². The van der Waals surface area contributed by atoms with Crippen molar-refractivity contribution in [2.45, 2.75) is 6.61 Å². The van der Waals surface area contributed by atoms with Crippen molar-refractivity contribution in [1.29, 1.82) is 0 Å². The lowest BCUT2D eigenvalue weighted by molar-refractivity contribution is 0.0889. The summed E-state index contributed by atoms with van der Waals surface area (Å²) >= 11 is 5.85. The molecule has 0 fully saturated rings. The van der Waals surface area contributed by atoms with Crippen molar-refractivity contribution in [2.75, 3.05) is 18.9 Å². The quantitative estimate of drug-likeness (QED) is 0.649. The Hall–Kier alpha value is -1.71. The van der Waals surface area contributed by atoms with Crippen LogP contribution in [0.3, 0.4) is 0 Å². The number of hydrogen-bond acceptors (Lipinski definition) is 3. The van der Waals surface area contributed by atoms with Gasteiger partial charge in [0, 0.05) is 0 Å². The summed E-state index contributed by atoms with van der Waals surface area (Å²) in [6.45, 7) is 1.55. The molecule has 0 aliphatic carbocycles. The molecule has 19 heavy (non-hydrogen) atoms. The highest BCUT2D eigenvalue weighted by Gasteiger charge is 1.99. The number of nitrogen functional groups attached to an aromatic ring is 1. The van der Waals surface area contributed by atoms with E-state index in [2.05, 4.69) is 0 Å². The van der Waals surface area contributed by atoms with Gasteiger partial charge in [-0.2, -0.15) is 0 Å². The van der Waals surface area contributed by atoms with Crippen LogP contribution in [0, 0.1) is 0 Å². The molecule has 0 aromatic heterocycles. The van der Waals surface area contributed by atoms with Crippen molar-refractivity contribution in [1.82, 2.24) is 0 Å². The summed E-state index contributed by atoms with van der Waals surface area (Å²) in [5.74, 6) is 0.849. The minimum atomic E-state index is 0.500. The number of para-hydroxylation sites is 1. The van der Waals surface area contributed by atoms with E-state index in [1.807, 2.05) is 42.5 Å². The summed E-state index contributed by atoms with van der Waals surface area (Å²) in [6, 6.07) is 15.2. The zero-order valence-electron chi connectivity index (χ0n) is 10.5. The van der Waals surface area contributed by atoms with E-state index in [-0.39, 0.29) is 0 Å². The number of nitrogens with two attached hydrogens (primary N) is 1. The number of hydrogen-bond donors (Lipinski definition) is 1. The fraction of sp³-hybridized carbons (Fsp3) is 0.200. The second-order valence-corrected chi connectivity index (χ2v) is 4.48. The Bertz CT molecular complexity index is 517. The Morgan fingerprint density at radius 1 is 1.00 bits per heavy atom. The van der Waals surface area contributed by atoms with Crippen LogP contribution >= 0.6 is 11.6 Å². The molecule has 0 radical (unpaired) electrons. The van der Waals surface area contributed by atoms with Gasteiger partial charge >= 0.3 is 0 Å². The highest BCUT2D eigenvalue weighted by Crippen LogP contribution is 2.19. The minimum Gasteiger partial charge on any atom is -0.491 e. The SMILES string of the molecule is Nc1cc(COCCOc2ccccc2)ccc1Cl. The van der Waals surface area contributed by atoms with Gasteiger partial charge in [0.25, 0.3) is 0 Å². The van der Waals surface area contributed by atoms with Gasteiger partial charge in [-0.25, -0.2) is 0 Å². The summed E-state index contributed by atoms with van der Waals surface area (Å²) in [6.07, 6.45) is 0. The zero-order valence-corrected chi connectivity index (χ0v) is 11.3. The van der Waals surface area contributed by atoms with Crippen LogP contribution < -0.4 is 10.5 Å². The van der Waals surface area contributed by atoms with E-state index in [4.69, 9.17) is 26.8 Å². The van der Waals surface area contributed by atoms with Gasteiger partial charge in [-0.15, -0.1) is 0 Å². The third kappa shape index (κ3) is 4.47. The minimum absolute atomic E-state index is 0.500. The van der Waals surface area contributed by atoms with Gasteiger partial charge in [-0.1, -0.05) is 35.9 Å². The summed E-state index contributed by atoms with van der Waals surface area (Å²) < 4.78 is 11.0. The molecule has 0 unspecified atom stereocenters. The first-order valence-corrected chi connectivity index (χ1v) is 6.43. The molecule has 100 valence electrons. The molecule has 0 atom stereocenters. The lowest BCUT2D eigenvalue weighted by atomic mass is 10.2. The van der Waals surface area contributed by atoms with E-state index in [1.165, 1.54) is 0 Å². The van der Waals surface area contributed by atoms with Crippen LogP contribution in [0.5, 0.6) is 5.75 Å². The molecule has 4 heteroatoms. The van der Waals surface area contributed by atoms with Gasteiger partial charge in [-0.05, 0) is 29.8 Å². The summed E-state index contributed by atoms with van der Waals surface area (Å²) in [4.78, 5) is 0. The molecule has 0 amide bonds. The zero-order chi connectivity index (χ0) is 13.5. The monoisotopic (exact) mass is 277 g/mol. The van der Waals surface area contributed by atoms with Crippen LogP contribution in [-0.4, -0.2) is 13.2 Å². The molecule has 2 N–H and O–H groups in total. The summed E-state index contributed by atoms with van der Waals surface area (Å²) in [5.41, 5.74) is 7.29. The fourth-order valence-electron chi connectivity index (χ4n) is 1.61. The Kier molecular flexibility index (Phi) is 5.07. The first kappa shape index (κ1) is 13.7. The normalized spacial score (nSPS) is 10.4. The van der Waals surface area contributed by atoms with Gasteiger partial charge in [0.05, 0.1) is 23.9 Å². The van der Waals surface area contributed by atoms with E-state index >= 15 is 0 Å². The number of ether oxygens (including phenoxy) is 2. The predicted molar refractivity (Wildman–Crippen MR) is 77.5 cm³/mol. The molecule has 0 aliphatic heterocycles. The van der Waals surface area contributed by atoms with Gasteiger partial charge in [0.15, 0.2) is 0 Å². The molecular weight excluding hydrogens is 262 g/mol. The Morgan fingerprint density at radius 3 is 2.53 bits per heavy atom. The maximum atomic E-state index is 5.85. The predicted octanol–water partition coefficient (Wildman–Crippen LogP) is 3.52. The third-order valence-electron chi connectivity index (χ3n) is 2.57. The number of benzene rings is 2. The highest BCUT2D eigenvalue weighted by molar-refractivity contribution is 6.33. The van der Waals surface area contributed by atoms with E-state index in [0.717, 1.165) is 11.3 Å². The standard InChI is InChI=1S/C15H16ClNO2/c16-14-7-6-12(10-15(14)17)11-18-8-9-19-13-4-2-1-3-5-13/h1-7,10H,8-9,11,17H2. The lowest BCUT2D eigenvalue weighted by Crippen LogP contribution is -2.06. The summed E-state index contributed by atoms with van der Waals surface area (Å²) in [5, 5.41) is 0.566. The van der Waals surface area contributed by atoms with Crippen LogP contribution in [0.25, 0.3) is 0 Å². The van der Waals surface area contributed by atoms with E-state index in [9.17, 15) is 0 Å². The maximum Gasteiger partial charge on any atom is 0.119 e. The van der Waals surface area contributed by atoms with E-state index < -0.39 is 0 Å². The summed E-state index contributed by atoms with van der Waals surface area (Å²) in [7, 11) is 0. The molecule has 2 aromatic carbocycles. The maximum absolute atomic E-state index is 5.85. The van der Waals surface area contributed by atoms with Crippen molar-refractivity contribution in [3.63, 3.8) is 0 Å². The molecule has 3 nitrogen and oxygen atoms in total. The van der Waals surface area contributed by atoms with Gasteiger partial charge in [0.1, 0.15) is 12.4 Å². The molecule has 2 rings (SSSR count). The Balaban J connectivity index is 1.68. The molecule has 2 aromatic rings. The van der Waals surface area contributed by atoms with Gasteiger partial charge < -0.3 is 15.2 Å². The number of anilines is 1. The first-order valence-electron chi connectivity index (χ1n) is 6.05. The Labute approximate surface area is 117 Å². The third-order valence-corrected chi connectivity index (χ3v) is 2.91. The molecule has 0 bridgehead atoms. The van der Waals surface area contributed by atoms with E-state index in [1.54, 1.807) is 6.07 Å². The second-order valence-electron chi connectivity index (χ2n) is 4.07. The van der Waals surface area contributed by atoms with Crippen molar-refractivity contribution >= 4 is 17.3 Å². The molecule has 0 saturated carbocycles. The van der Waals surface area contributed by atoms with Crippen molar-refractivity contribution < 1.29 is 9.47 Å². The molecule has 0 heterocycles. The van der Waals surface area contributed by atoms with Crippen LogP contribution in [0.15, 0.2) is 48.5 Å².